The van der Waals surface area contributed by atoms with E-state index in [0.717, 1.165) is 19.0 Å². The highest BCUT2D eigenvalue weighted by molar-refractivity contribution is 5.95. The van der Waals surface area contributed by atoms with Gasteiger partial charge >= 0.3 is 0 Å². The second kappa shape index (κ2) is 15.9. The molecular formula is C22H33N3O5. The van der Waals surface area contributed by atoms with Crippen molar-refractivity contribution in [2.24, 2.45) is 5.73 Å². The number of nitrogens with two attached hydrogens (primary N) is 1. The lowest BCUT2D eigenvalue weighted by Crippen LogP contribution is -2.36. The third-order valence-electron chi connectivity index (χ3n) is 4.02. The van der Waals surface area contributed by atoms with Gasteiger partial charge in [0.15, 0.2) is 17.7 Å². The molecule has 0 atom stereocenters. The van der Waals surface area contributed by atoms with Crippen LogP contribution in [-0.2, 0) is 11.2 Å². The van der Waals surface area contributed by atoms with Crippen LogP contribution >= 0.6 is 0 Å². The summed E-state index contributed by atoms with van der Waals surface area (Å²) in [6.07, 6.45) is 2.97. The van der Waals surface area contributed by atoms with E-state index in [1.165, 1.54) is 24.6 Å². The van der Waals surface area contributed by atoms with Crippen molar-refractivity contribution in [3.05, 3.63) is 63.6 Å². The van der Waals surface area contributed by atoms with Crippen LogP contribution in [0.1, 0.15) is 46.7 Å². The van der Waals surface area contributed by atoms with Crippen LogP contribution in [0.4, 0.5) is 0 Å². The Morgan fingerprint density at radius 2 is 1.83 bits per heavy atom. The van der Waals surface area contributed by atoms with Gasteiger partial charge in [0.05, 0.1) is 12.2 Å². The van der Waals surface area contributed by atoms with Gasteiger partial charge < -0.3 is 25.5 Å². The number of aromatic nitrogens is 1. The second-order valence-electron chi connectivity index (χ2n) is 5.79. The molecule has 1 heterocycles. The number of nitrogens with one attached hydrogen (secondary N) is 1. The van der Waals surface area contributed by atoms with E-state index in [-0.39, 0.29) is 11.3 Å². The summed E-state index contributed by atoms with van der Waals surface area (Å²) in [6.45, 7) is 5.09. The monoisotopic (exact) mass is 419 g/mol. The number of aldehydes is 1. The Bertz CT molecular complexity index is 806. The number of aryl methyl sites for hydroxylation is 1. The van der Waals surface area contributed by atoms with E-state index in [2.05, 4.69) is 10.7 Å². The number of methoxy groups -OCH3 is 1. The smallest absolute Gasteiger partial charge is 0.274 e. The van der Waals surface area contributed by atoms with Gasteiger partial charge in [-0.3, -0.25) is 14.4 Å². The first kappa shape index (κ1) is 27.0. The molecule has 0 aliphatic carbocycles. The molecular weight excluding hydrogens is 386 g/mol. The third kappa shape index (κ3) is 8.18. The van der Waals surface area contributed by atoms with Crippen LogP contribution in [0.2, 0.25) is 0 Å². The number of rotatable bonds is 9. The van der Waals surface area contributed by atoms with Gasteiger partial charge in [0.25, 0.3) is 5.91 Å². The molecule has 2 aromatic rings. The number of nitrogens with zero attached hydrogens (tertiary/aromatic N) is 1. The van der Waals surface area contributed by atoms with Gasteiger partial charge in [-0.1, -0.05) is 44.2 Å². The molecule has 30 heavy (non-hydrogen) atoms. The number of hydrogen-bond acceptors (Lipinski definition) is 6. The van der Waals surface area contributed by atoms with Crippen LogP contribution in [0.25, 0.3) is 0 Å². The molecule has 1 aromatic heterocycles. The number of ether oxygens (including phenoxy) is 1. The summed E-state index contributed by atoms with van der Waals surface area (Å²) in [5, 5.41) is 9.98. The Morgan fingerprint density at radius 1 is 1.20 bits per heavy atom. The minimum atomic E-state index is -0.863. The normalized spacial score (nSPS) is 9.50. The van der Waals surface area contributed by atoms with Crippen LogP contribution in [0, 0.1) is 0 Å². The largest absolute Gasteiger partial charge is 0.503 e. The van der Waals surface area contributed by atoms with Gasteiger partial charge in [0.1, 0.15) is 0 Å². The summed E-state index contributed by atoms with van der Waals surface area (Å²) in [6, 6.07) is 9.90. The summed E-state index contributed by atoms with van der Waals surface area (Å²) in [5.74, 6) is -1.26. The fourth-order valence-corrected chi connectivity index (χ4v) is 2.58. The fraction of sp³-hybridized carbons (Fsp3) is 0.409. The number of benzene rings is 1. The molecule has 0 unspecified atom stereocenters. The predicted octanol–water partition coefficient (Wildman–Crippen LogP) is 2.22. The number of carbonyl (C=O) groups is 2. The highest BCUT2D eigenvalue weighted by Crippen LogP contribution is 2.13. The van der Waals surface area contributed by atoms with E-state index in [1.54, 1.807) is 0 Å². The summed E-state index contributed by atoms with van der Waals surface area (Å²) < 4.78 is 5.04. The standard InChI is InChI=1S/C19H22N2O5.C2H6.CH5N/c1-26-11-10-21(9-5-8-14-6-3-2-4-7-14)19(25)16-18(24)17(23)15(13-22)12-20-16;2*1-2/h2-4,6-7,12-13,24H,5,8-11H2,1H3,(H,20,23);1-2H3;2H2,1H3. The zero-order valence-electron chi connectivity index (χ0n) is 18.2. The maximum Gasteiger partial charge on any atom is 0.274 e. The summed E-state index contributed by atoms with van der Waals surface area (Å²) in [5.41, 5.74) is 4.35. The zero-order chi connectivity index (χ0) is 22.9. The first-order valence-corrected chi connectivity index (χ1v) is 9.88. The molecule has 2 rings (SSSR count). The van der Waals surface area contributed by atoms with Crippen molar-refractivity contribution in [3.8, 4) is 5.75 Å². The lowest BCUT2D eigenvalue weighted by molar-refractivity contribution is 0.0683. The number of aromatic amines is 1. The van der Waals surface area contributed by atoms with E-state index >= 15 is 0 Å². The fourth-order valence-electron chi connectivity index (χ4n) is 2.58. The van der Waals surface area contributed by atoms with Gasteiger partial charge in [0.2, 0.25) is 5.43 Å². The number of amides is 1. The van der Waals surface area contributed by atoms with Gasteiger partial charge in [-0.05, 0) is 25.5 Å². The number of aromatic hydroxyl groups is 1. The maximum absolute atomic E-state index is 12.7. The highest BCUT2D eigenvalue weighted by Gasteiger charge is 2.22. The first-order chi connectivity index (χ1) is 14.6. The Balaban J connectivity index is 0.00000198. The molecule has 1 amide bonds. The Kier molecular flexibility index (Phi) is 14.3. The van der Waals surface area contributed by atoms with Crippen LogP contribution in [0.5, 0.6) is 5.75 Å². The molecule has 0 aliphatic heterocycles. The predicted molar refractivity (Wildman–Crippen MR) is 118 cm³/mol. The molecule has 0 aliphatic rings. The lowest BCUT2D eigenvalue weighted by atomic mass is 10.1. The van der Waals surface area contributed by atoms with Crippen LogP contribution in [-0.4, -0.2) is 61.0 Å². The first-order valence-electron chi connectivity index (χ1n) is 9.88. The van der Waals surface area contributed by atoms with Gasteiger partial charge in [-0.2, -0.15) is 0 Å². The van der Waals surface area contributed by atoms with Gasteiger partial charge in [-0.25, -0.2) is 0 Å². The van der Waals surface area contributed by atoms with Crippen molar-refractivity contribution < 1.29 is 19.4 Å². The van der Waals surface area contributed by atoms with E-state index in [0.29, 0.717) is 26.0 Å². The summed E-state index contributed by atoms with van der Waals surface area (Å²) >= 11 is 0. The topological polar surface area (TPSA) is 126 Å². The second-order valence-corrected chi connectivity index (χ2v) is 5.79. The van der Waals surface area contributed by atoms with Crippen LogP contribution in [0.3, 0.4) is 0 Å². The van der Waals surface area contributed by atoms with Crippen molar-refractivity contribution >= 4 is 12.2 Å². The molecule has 1 aromatic carbocycles. The van der Waals surface area contributed by atoms with E-state index in [1.807, 2.05) is 44.2 Å². The average Bonchev–Trinajstić information content (AvgIpc) is 2.81. The third-order valence-corrected chi connectivity index (χ3v) is 4.02. The molecule has 0 radical (unpaired) electrons. The number of H-pyrrole nitrogens is 1. The van der Waals surface area contributed by atoms with Crippen LogP contribution < -0.4 is 11.2 Å². The van der Waals surface area contributed by atoms with Crippen molar-refractivity contribution in [1.82, 2.24) is 9.88 Å². The Hall–Kier alpha value is -2.97. The molecule has 8 nitrogen and oxygen atoms in total. The minimum absolute atomic E-state index is 0.226. The molecule has 0 spiro atoms. The SMILES string of the molecule is CC.CN.COCCN(CCCc1ccccc1)C(=O)c1[nH]cc(C=O)c(=O)c1O. The van der Waals surface area contributed by atoms with Crippen molar-refractivity contribution in [3.63, 3.8) is 0 Å². The Morgan fingerprint density at radius 3 is 2.40 bits per heavy atom. The van der Waals surface area contributed by atoms with E-state index in [9.17, 15) is 19.5 Å². The van der Waals surface area contributed by atoms with Crippen LogP contribution in [0.15, 0.2) is 41.3 Å². The summed E-state index contributed by atoms with van der Waals surface area (Å²) in [4.78, 5) is 39.4. The van der Waals surface area contributed by atoms with Gasteiger partial charge in [0, 0.05) is 26.4 Å². The summed E-state index contributed by atoms with van der Waals surface area (Å²) in [7, 11) is 3.03. The number of pyridine rings is 1. The molecule has 0 saturated heterocycles. The molecule has 0 fully saturated rings. The van der Waals surface area contributed by atoms with E-state index in [4.69, 9.17) is 4.74 Å². The van der Waals surface area contributed by atoms with Crippen molar-refractivity contribution in [2.45, 2.75) is 26.7 Å². The highest BCUT2D eigenvalue weighted by atomic mass is 16.5. The zero-order valence-corrected chi connectivity index (χ0v) is 18.2. The molecule has 0 saturated carbocycles. The maximum atomic E-state index is 12.7. The number of carbonyl (C=O) groups excluding carboxylic acids is 2. The Labute approximate surface area is 177 Å². The molecule has 0 bridgehead atoms. The minimum Gasteiger partial charge on any atom is -0.503 e. The van der Waals surface area contributed by atoms with E-state index < -0.39 is 17.1 Å². The van der Waals surface area contributed by atoms with Crippen molar-refractivity contribution in [1.29, 1.82) is 0 Å². The molecule has 4 N–H and O–H groups in total. The molecule has 166 valence electrons. The quantitative estimate of drug-likeness (QED) is 0.535. The number of hydrogen-bond donors (Lipinski definition) is 3. The molecule has 8 heteroatoms. The van der Waals surface area contributed by atoms with Crippen molar-refractivity contribution in [2.75, 3.05) is 33.9 Å². The van der Waals surface area contributed by atoms with Gasteiger partial charge in [-0.15, -0.1) is 0 Å². The lowest BCUT2D eigenvalue weighted by Gasteiger charge is -2.22. The average molecular weight is 420 g/mol.